The fourth-order valence-corrected chi connectivity index (χ4v) is 0.716. The Kier molecular flexibility index (Phi) is 2.07. The predicted molar refractivity (Wildman–Crippen MR) is 38.8 cm³/mol. The fraction of sp³-hybridized carbons (Fsp3) is 0.333. The molecule has 0 aliphatic carbocycles. The molecule has 0 atom stereocenters. The Morgan fingerprint density at radius 2 is 2.25 bits per heavy atom. The Bertz CT molecular complexity index is 105. The van der Waals surface area contributed by atoms with Crippen LogP contribution in [0, 0.1) is 0 Å². The Morgan fingerprint density at radius 3 is 2.62 bits per heavy atom. The largest absolute Gasteiger partial charge is 0.235 e. The molecule has 3 nitrogen and oxygen atoms in total. The van der Waals surface area contributed by atoms with E-state index in [1.807, 2.05) is 12.3 Å². The molecule has 0 saturated heterocycles. The van der Waals surface area contributed by atoms with Gasteiger partial charge in [-0.1, -0.05) is 23.4 Å². The van der Waals surface area contributed by atoms with E-state index in [1.54, 1.807) is 0 Å². The maximum Gasteiger partial charge on any atom is 0.0328 e. The van der Waals surface area contributed by atoms with Crippen LogP contribution in [0.25, 0.3) is 0 Å². The molecular weight excluding hydrogens is 142 g/mol. The number of rotatable bonds is 0. The highest BCUT2D eigenvalue weighted by Gasteiger charge is 2.03. The minimum Gasteiger partial charge on any atom is -0.235 e. The summed E-state index contributed by atoms with van der Waals surface area (Å²) in [6, 6.07) is 0. The summed E-state index contributed by atoms with van der Waals surface area (Å²) in [4.78, 5) is 0. The molecule has 46 valence electrons. The predicted octanol–water partition coefficient (Wildman–Crippen LogP) is 0.227. The summed E-state index contributed by atoms with van der Waals surface area (Å²) >= 11 is 7.97. The molecule has 0 saturated carbocycles. The van der Waals surface area contributed by atoms with Gasteiger partial charge in [-0.3, -0.25) is 0 Å². The van der Waals surface area contributed by atoms with E-state index < -0.39 is 0 Å². The quantitative estimate of drug-likeness (QED) is 0.428. The van der Waals surface area contributed by atoms with Gasteiger partial charge in [0.2, 0.25) is 0 Å². The van der Waals surface area contributed by atoms with Crippen molar-refractivity contribution < 1.29 is 0 Å². The molecule has 0 spiro atoms. The van der Waals surface area contributed by atoms with Gasteiger partial charge < -0.3 is 0 Å². The van der Waals surface area contributed by atoms with E-state index in [-0.39, 0.29) is 0 Å². The van der Waals surface area contributed by atoms with Crippen LogP contribution < -0.4 is 5.43 Å². The van der Waals surface area contributed by atoms with Gasteiger partial charge in [-0.2, -0.15) is 0 Å². The van der Waals surface area contributed by atoms with Crippen molar-refractivity contribution in [1.82, 2.24) is 14.4 Å². The van der Waals surface area contributed by atoms with Crippen LogP contribution in [0.2, 0.25) is 0 Å². The Balaban J connectivity index is 2.47. The summed E-state index contributed by atoms with van der Waals surface area (Å²) in [5, 5.41) is 0. The number of thiol groups is 2. The highest BCUT2D eigenvalue weighted by molar-refractivity contribution is 7.80. The van der Waals surface area contributed by atoms with Gasteiger partial charge >= 0.3 is 0 Å². The maximum atomic E-state index is 3.99. The van der Waals surface area contributed by atoms with Crippen LogP contribution >= 0.6 is 25.6 Å². The van der Waals surface area contributed by atoms with Crippen LogP contribution in [0.1, 0.15) is 0 Å². The van der Waals surface area contributed by atoms with Gasteiger partial charge in [-0.05, 0) is 12.8 Å². The molecule has 1 heterocycles. The molecular formula is C3H7N3S2. The molecule has 0 amide bonds. The molecule has 1 aliphatic heterocycles. The van der Waals surface area contributed by atoms with Crippen molar-refractivity contribution in [2.75, 3.05) is 6.54 Å². The SMILES string of the molecule is SN1C=CCNN1S. The smallest absolute Gasteiger partial charge is 0.0328 e. The van der Waals surface area contributed by atoms with E-state index in [2.05, 4.69) is 31.1 Å². The molecule has 8 heavy (non-hydrogen) atoms. The number of nitrogens with one attached hydrogen (secondary N) is 1. The number of hydrazine groups is 2. The van der Waals surface area contributed by atoms with Crippen molar-refractivity contribution in [2.24, 2.45) is 0 Å². The third kappa shape index (κ3) is 1.32. The first-order valence-electron chi connectivity index (χ1n) is 2.18. The van der Waals surface area contributed by atoms with Gasteiger partial charge in [-0.25, -0.2) is 9.84 Å². The van der Waals surface area contributed by atoms with Crippen LogP contribution in [0.3, 0.4) is 0 Å². The van der Waals surface area contributed by atoms with Crippen LogP contribution in [-0.2, 0) is 0 Å². The Morgan fingerprint density at radius 1 is 1.50 bits per heavy atom. The van der Waals surface area contributed by atoms with E-state index in [0.29, 0.717) is 0 Å². The fourth-order valence-electron chi connectivity index (χ4n) is 0.417. The van der Waals surface area contributed by atoms with Crippen molar-refractivity contribution in [3.8, 4) is 0 Å². The molecule has 1 N–H and O–H groups in total. The van der Waals surface area contributed by atoms with E-state index >= 15 is 0 Å². The van der Waals surface area contributed by atoms with E-state index in [4.69, 9.17) is 0 Å². The Hall–Kier alpha value is 0.160. The van der Waals surface area contributed by atoms with Crippen molar-refractivity contribution >= 4 is 25.6 Å². The molecule has 0 aromatic heterocycles. The zero-order valence-electron chi connectivity index (χ0n) is 4.15. The Labute approximate surface area is 59.4 Å². The second-order valence-electron chi connectivity index (χ2n) is 1.36. The van der Waals surface area contributed by atoms with E-state index in [1.165, 1.54) is 8.94 Å². The topological polar surface area (TPSA) is 18.5 Å². The van der Waals surface area contributed by atoms with Crippen LogP contribution in [0.5, 0.6) is 0 Å². The molecule has 0 fully saturated rings. The lowest BCUT2D eigenvalue weighted by Gasteiger charge is -2.26. The lowest BCUT2D eigenvalue weighted by atomic mass is 10.6. The highest BCUT2D eigenvalue weighted by Crippen LogP contribution is 2.04. The second-order valence-corrected chi connectivity index (χ2v) is 2.15. The number of hydrogen-bond acceptors (Lipinski definition) is 5. The third-order valence-electron chi connectivity index (χ3n) is 0.783. The maximum absolute atomic E-state index is 3.99. The summed E-state index contributed by atoms with van der Waals surface area (Å²) in [7, 11) is 0. The summed E-state index contributed by atoms with van der Waals surface area (Å²) < 4.78 is 3.02. The average molecular weight is 149 g/mol. The van der Waals surface area contributed by atoms with Gasteiger partial charge in [0.15, 0.2) is 0 Å². The normalized spacial score (nSPS) is 22.0. The lowest BCUT2D eigenvalue weighted by molar-refractivity contribution is 0.189. The molecule has 0 radical (unpaired) electrons. The van der Waals surface area contributed by atoms with Gasteiger partial charge in [0.1, 0.15) is 0 Å². The highest BCUT2D eigenvalue weighted by atomic mass is 32.1. The summed E-state index contributed by atoms with van der Waals surface area (Å²) in [6.45, 7) is 0.806. The van der Waals surface area contributed by atoms with Gasteiger partial charge in [0.05, 0.1) is 0 Å². The van der Waals surface area contributed by atoms with Crippen LogP contribution in [0.4, 0.5) is 0 Å². The molecule has 5 heteroatoms. The molecule has 0 unspecified atom stereocenters. The van der Waals surface area contributed by atoms with Gasteiger partial charge in [-0.15, -0.1) is 0 Å². The number of nitrogens with zero attached hydrogens (tertiary/aromatic N) is 2. The third-order valence-corrected chi connectivity index (χ3v) is 1.57. The molecule has 1 aliphatic rings. The second kappa shape index (κ2) is 2.63. The summed E-state index contributed by atoms with van der Waals surface area (Å²) in [6.07, 6.45) is 3.76. The summed E-state index contributed by atoms with van der Waals surface area (Å²) in [5.41, 5.74) is 2.89. The van der Waals surface area contributed by atoms with Crippen molar-refractivity contribution in [2.45, 2.75) is 0 Å². The van der Waals surface area contributed by atoms with Crippen LogP contribution in [0.15, 0.2) is 12.3 Å². The van der Waals surface area contributed by atoms with Gasteiger partial charge in [0, 0.05) is 12.7 Å². The zero-order chi connectivity index (χ0) is 5.98. The first-order chi connectivity index (χ1) is 3.80. The molecule has 0 aromatic carbocycles. The first-order valence-corrected chi connectivity index (χ1v) is 2.98. The average Bonchev–Trinajstić information content (AvgIpc) is 1.77. The van der Waals surface area contributed by atoms with Crippen molar-refractivity contribution in [1.29, 1.82) is 0 Å². The monoisotopic (exact) mass is 149 g/mol. The van der Waals surface area contributed by atoms with Crippen molar-refractivity contribution in [3.63, 3.8) is 0 Å². The lowest BCUT2D eigenvalue weighted by Crippen LogP contribution is -2.39. The minimum absolute atomic E-state index is 0.806. The van der Waals surface area contributed by atoms with E-state index in [9.17, 15) is 0 Å². The molecule has 1 rings (SSSR count). The first kappa shape index (κ1) is 6.28. The van der Waals surface area contributed by atoms with Crippen LogP contribution in [-0.4, -0.2) is 15.5 Å². The molecule has 0 bridgehead atoms. The number of hydrogen-bond donors (Lipinski definition) is 3. The van der Waals surface area contributed by atoms with Crippen molar-refractivity contribution in [3.05, 3.63) is 12.3 Å². The zero-order valence-corrected chi connectivity index (χ0v) is 5.94. The minimum atomic E-state index is 0.806. The molecule has 0 aromatic rings. The van der Waals surface area contributed by atoms with Gasteiger partial charge in [0.25, 0.3) is 0 Å². The van der Waals surface area contributed by atoms with E-state index in [0.717, 1.165) is 6.54 Å². The summed E-state index contributed by atoms with van der Waals surface area (Å²) in [5.74, 6) is 0. The standard InChI is InChI=1S/C3H7N3S2/c7-5-3-1-2-4-6(5)8/h1,3-4,7-8H,2H2.